The largest absolute Gasteiger partial charge is 0.317 e. The van der Waals surface area contributed by atoms with Crippen LogP contribution in [-0.2, 0) is 0 Å². The lowest BCUT2D eigenvalue weighted by Gasteiger charge is -2.09. The SMILES string of the molecule is O=C(Nc1c(F)cc(F)cc1F)c1cc(S)ccc1F. The highest BCUT2D eigenvalue weighted by molar-refractivity contribution is 7.80. The van der Waals surface area contributed by atoms with Gasteiger partial charge in [0, 0.05) is 17.0 Å². The van der Waals surface area contributed by atoms with E-state index in [1.165, 1.54) is 6.07 Å². The number of amides is 1. The fourth-order valence-electron chi connectivity index (χ4n) is 1.53. The van der Waals surface area contributed by atoms with Crippen molar-refractivity contribution in [2.24, 2.45) is 0 Å². The molecule has 0 bridgehead atoms. The van der Waals surface area contributed by atoms with Gasteiger partial charge in [0.2, 0.25) is 0 Å². The van der Waals surface area contributed by atoms with Crippen LogP contribution in [0.5, 0.6) is 0 Å². The number of rotatable bonds is 2. The molecule has 1 N–H and O–H groups in total. The van der Waals surface area contributed by atoms with E-state index in [0.717, 1.165) is 12.1 Å². The lowest BCUT2D eigenvalue weighted by molar-refractivity contribution is 0.102. The molecule has 1 amide bonds. The molecule has 0 spiro atoms. The van der Waals surface area contributed by atoms with Crippen LogP contribution < -0.4 is 5.32 Å². The van der Waals surface area contributed by atoms with E-state index in [9.17, 15) is 22.4 Å². The van der Waals surface area contributed by atoms with Crippen molar-refractivity contribution in [2.75, 3.05) is 5.32 Å². The summed E-state index contributed by atoms with van der Waals surface area (Å²) in [6.07, 6.45) is 0. The molecule has 0 aliphatic carbocycles. The summed E-state index contributed by atoms with van der Waals surface area (Å²) in [5.41, 5.74) is -1.28. The maximum absolute atomic E-state index is 13.4. The Morgan fingerprint density at radius 2 is 1.55 bits per heavy atom. The van der Waals surface area contributed by atoms with Crippen LogP contribution in [0.3, 0.4) is 0 Å². The summed E-state index contributed by atoms with van der Waals surface area (Å²) >= 11 is 3.93. The average Bonchev–Trinajstić information content (AvgIpc) is 2.36. The molecule has 0 atom stereocenters. The smallest absolute Gasteiger partial charge is 0.258 e. The summed E-state index contributed by atoms with van der Waals surface area (Å²) in [4.78, 5) is 12.1. The van der Waals surface area contributed by atoms with E-state index in [1.807, 2.05) is 5.32 Å². The first kappa shape index (κ1) is 14.4. The number of nitrogens with one attached hydrogen (secondary N) is 1. The Kier molecular flexibility index (Phi) is 3.99. The van der Waals surface area contributed by atoms with Crippen LogP contribution in [0.25, 0.3) is 0 Å². The van der Waals surface area contributed by atoms with Gasteiger partial charge < -0.3 is 5.32 Å². The van der Waals surface area contributed by atoms with Crippen molar-refractivity contribution in [1.82, 2.24) is 0 Å². The van der Waals surface area contributed by atoms with Gasteiger partial charge in [-0.05, 0) is 18.2 Å². The summed E-state index contributed by atoms with van der Waals surface area (Å²) < 4.78 is 52.9. The molecule has 104 valence electrons. The lowest BCUT2D eigenvalue weighted by Crippen LogP contribution is -2.16. The molecule has 0 aliphatic rings. The second-order valence-corrected chi connectivity index (χ2v) is 4.38. The number of hydrogen-bond acceptors (Lipinski definition) is 2. The van der Waals surface area contributed by atoms with Crippen LogP contribution in [-0.4, -0.2) is 5.91 Å². The lowest BCUT2D eigenvalue weighted by atomic mass is 10.2. The molecule has 0 radical (unpaired) electrons. The molecular formula is C13H7F4NOS. The number of hydrogen-bond donors (Lipinski definition) is 2. The molecule has 0 saturated carbocycles. The molecule has 2 aromatic rings. The fraction of sp³-hybridized carbons (Fsp3) is 0. The van der Waals surface area contributed by atoms with E-state index in [1.54, 1.807) is 0 Å². The van der Waals surface area contributed by atoms with Crippen molar-refractivity contribution >= 4 is 24.2 Å². The fourth-order valence-corrected chi connectivity index (χ4v) is 1.73. The normalized spacial score (nSPS) is 10.4. The number of carbonyl (C=O) groups is 1. The molecular weight excluding hydrogens is 294 g/mol. The minimum atomic E-state index is -1.29. The van der Waals surface area contributed by atoms with Gasteiger partial charge in [-0.25, -0.2) is 17.6 Å². The second-order valence-electron chi connectivity index (χ2n) is 3.86. The minimum absolute atomic E-state index is 0.302. The maximum Gasteiger partial charge on any atom is 0.258 e. The Bertz CT molecular complexity index is 667. The molecule has 0 fully saturated rings. The molecule has 2 aromatic carbocycles. The van der Waals surface area contributed by atoms with Crippen LogP contribution in [0, 0.1) is 23.3 Å². The first-order valence-electron chi connectivity index (χ1n) is 5.33. The highest BCUT2D eigenvalue weighted by Gasteiger charge is 2.17. The summed E-state index contributed by atoms with van der Waals surface area (Å²) in [5.74, 6) is -5.65. The molecule has 0 aliphatic heterocycles. The summed E-state index contributed by atoms with van der Waals surface area (Å²) in [6.45, 7) is 0. The highest BCUT2D eigenvalue weighted by Crippen LogP contribution is 2.22. The van der Waals surface area contributed by atoms with E-state index in [4.69, 9.17) is 0 Å². The quantitative estimate of drug-likeness (QED) is 0.641. The second kappa shape index (κ2) is 5.54. The van der Waals surface area contributed by atoms with Gasteiger partial charge in [-0.15, -0.1) is 12.6 Å². The zero-order valence-electron chi connectivity index (χ0n) is 9.75. The number of benzene rings is 2. The Morgan fingerprint density at radius 1 is 0.950 bits per heavy atom. The molecule has 0 unspecified atom stereocenters. The number of carbonyl (C=O) groups excluding carboxylic acids is 1. The van der Waals surface area contributed by atoms with Crippen molar-refractivity contribution in [1.29, 1.82) is 0 Å². The zero-order valence-corrected chi connectivity index (χ0v) is 10.6. The van der Waals surface area contributed by atoms with Crippen molar-refractivity contribution in [2.45, 2.75) is 4.90 Å². The zero-order chi connectivity index (χ0) is 14.9. The molecule has 7 heteroatoms. The topological polar surface area (TPSA) is 29.1 Å². The van der Waals surface area contributed by atoms with Gasteiger partial charge in [-0.1, -0.05) is 0 Å². The van der Waals surface area contributed by atoms with Gasteiger partial charge in [0.15, 0.2) is 11.6 Å². The third-order valence-corrected chi connectivity index (χ3v) is 2.72. The van der Waals surface area contributed by atoms with E-state index in [-0.39, 0.29) is 0 Å². The predicted molar refractivity (Wildman–Crippen MR) is 67.9 cm³/mol. The molecule has 20 heavy (non-hydrogen) atoms. The first-order valence-corrected chi connectivity index (χ1v) is 5.77. The molecule has 2 rings (SSSR count). The third kappa shape index (κ3) is 2.93. The van der Waals surface area contributed by atoms with Crippen LogP contribution >= 0.6 is 12.6 Å². The van der Waals surface area contributed by atoms with Gasteiger partial charge in [0.1, 0.15) is 17.3 Å². The van der Waals surface area contributed by atoms with Gasteiger partial charge in [0.05, 0.1) is 5.56 Å². The van der Waals surface area contributed by atoms with Gasteiger partial charge in [-0.2, -0.15) is 0 Å². The number of halogens is 4. The Hall–Kier alpha value is -2.02. The van der Waals surface area contributed by atoms with Crippen LogP contribution in [0.15, 0.2) is 35.2 Å². The highest BCUT2D eigenvalue weighted by atomic mass is 32.1. The van der Waals surface area contributed by atoms with Crippen LogP contribution in [0.1, 0.15) is 10.4 Å². The first-order chi connectivity index (χ1) is 9.38. The van der Waals surface area contributed by atoms with E-state index >= 15 is 0 Å². The predicted octanol–water partition coefficient (Wildman–Crippen LogP) is 3.78. The van der Waals surface area contributed by atoms with Crippen LogP contribution in [0.2, 0.25) is 0 Å². The van der Waals surface area contributed by atoms with Crippen molar-refractivity contribution in [3.63, 3.8) is 0 Å². The molecule has 2 nitrogen and oxygen atoms in total. The Labute approximate surface area is 116 Å². The van der Waals surface area contributed by atoms with E-state index in [2.05, 4.69) is 12.6 Å². The van der Waals surface area contributed by atoms with Crippen molar-refractivity contribution < 1.29 is 22.4 Å². The molecule has 0 aromatic heterocycles. The van der Waals surface area contributed by atoms with Gasteiger partial charge in [-0.3, -0.25) is 4.79 Å². The standard InChI is InChI=1S/C13H7F4NOS/c14-6-3-10(16)12(11(17)4-6)18-13(19)8-5-7(20)1-2-9(8)15/h1-5,20H,(H,18,19). The van der Waals surface area contributed by atoms with Gasteiger partial charge in [0.25, 0.3) is 5.91 Å². The minimum Gasteiger partial charge on any atom is -0.317 e. The number of anilines is 1. The Morgan fingerprint density at radius 3 is 2.15 bits per heavy atom. The molecule has 0 heterocycles. The van der Waals surface area contributed by atoms with Gasteiger partial charge >= 0.3 is 0 Å². The summed E-state index contributed by atoms with van der Waals surface area (Å²) in [5, 5.41) is 1.86. The van der Waals surface area contributed by atoms with Crippen molar-refractivity contribution in [3.8, 4) is 0 Å². The third-order valence-electron chi connectivity index (χ3n) is 2.44. The Balaban J connectivity index is 2.35. The van der Waals surface area contributed by atoms with E-state index in [0.29, 0.717) is 17.0 Å². The average molecular weight is 301 g/mol. The molecule has 0 saturated heterocycles. The van der Waals surface area contributed by atoms with Crippen LogP contribution in [0.4, 0.5) is 23.2 Å². The summed E-state index contributed by atoms with van der Waals surface area (Å²) in [6, 6.07) is 4.23. The van der Waals surface area contributed by atoms with Crippen molar-refractivity contribution in [3.05, 3.63) is 59.2 Å². The monoisotopic (exact) mass is 301 g/mol. The van der Waals surface area contributed by atoms with E-state index < -0.39 is 40.4 Å². The maximum atomic E-state index is 13.4. The summed E-state index contributed by atoms with van der Waals surface area (Å²) in [7, 11) is 0. The number of thiol groups is 1.